The van der Waals surface area contributed by atoms with E-state index < -0.39 is 30.2 Å². The molecule has 0 saturated carbocycles. The summed E-state index contributed by atoms with van der Waals surface area (Å²) in [6.45, 7) is 0. The predicted molar refractivity (Wildman–Crippen MR) is 75.5 cm³/mol. The SMILES string of the molecule is N#CCSc1ccccc1C(=O)N[C@@H](CC(N)=O)C(=O)O. The molecule has 0 aromatic heterocycles. The number of nitrogens with zero attached hydrogens (tertiary/aromatic N) is 1. The Balaban J connectivity index is 2.90. The second-order valence-electron chi connectivity index (χ2n) is 3.98. The molecule has 0 saturated heterocycles. The van der Waals surface area contributed by atoms with E-state index in [-0.39, 0.29) is 11.3 Å². The maximum atomic E-state index is 12.1. The third kappa shape index (κ3) is 5.16. The first-order valence-corrected chi connectivity index (χ1v) is 6.85. The Morgan fingerprint density at radius 3 is 2.62 bits per heavy atom. The number of benzene rings is 1. The van der Waals surface area contributed by atoms with Crippen LogP contribution >= 0.6 is 11.8 Å². The van der Waals surface area contributed by atoms with E-state index in [1.807, 2.05) is 6.07 Å². The number of carboxylic acid groups (broad SMARTS) is 1. The molecule has 0 aliphatic heterocycles. The molecule has 1 atom stereocenters. The van der Waals surface area contributed by atoms with E-state index in [2.05, 4.69) is 5.32 Å². The molecule has 1 rings (SSSR count). The van der Waals surface area contributed by atoms with E-state index in [9.17, 15) is 14.4 Å². The summed E-state index contributed by atoms with van der Waals surface area (Å²) in [5, 5.41) is 19.8. The molecular weight excluding hydrogens is 294 g/mol. The molecule has 8 heteroatoms. The molecule has 0 heterocycles. The number of hydrogen-bond donors (Lipinski definition) is 3. The maximum Gasteiger partial charge on any atom is 0.326 e. The van der Waals surface area contributed by atoms with Crippen molar-refractivity contribution in [2.75, 3.05) is 5.75 Å². The lowest BCUT2D eigenvalue weighted by molar-refractivity contribution is -0.140. The first kappa shape index (κ1) is 16.5. The molecule has 21 heavy (non-hydrogen) atoms. The van der Waals surface area contributed by atoms with Crippen molar-refractivity contribution >= 4 is 29.5 Å². The van der Waals surface area contributed by atoms with Crippen LogP contribution in [0.1, 0.15) is 16.8 Å². The lowest BCUT2D eigenvalue weighted by atomic mass is 10.1. The molecule has 7 nitrogen and oxygen atoms in total. The number of rotatable bonds is 7. The van der Waals surface area contributed by atoms with Gasteiger partial charge in [-0.3, -0.25) is 9.59 Å². The topological polar surface area (TPSA) is 133 Å². The van der Waals surface area contributed by atoms with Gasteiger partial charge in [-0.25, -0.2) is 4.79 Å². The molecule has 0 spiro atoms. The van der Waals surface area contributed by atoms with Crippen LogP contribution in [0.15, 0.2) is 29.2 Å². The van der Waals surface area contributed by atoms with Gasteiger partial charge in [-0.05, 0) is 12.1 Å². The highest BCUT2D eigenvalue weighted by molar-refractivity contribution is 7.99. The molecule has 1 aromatic carbocycles. The van der Waals surface area contributed by atoms with E-state index in [1.54, 1.807) is 18.2 Å². The number of amides is 2. The van der Waals surface area contributed by atoms with Gasteiger partial charge < -0.3 is 16.2 Å². The minimum atomic E-state index is -1.39. The number of nitriles is 1. The van der Waals surface area contributed by atoms with Crippen LogP contribution in [-0.2, 0) is 9.59 Å². The minimum absolute atomic E-state index is 0.161. The fraction of sp³-hybridized carbons (Fsp3) is 0.231. The van der Waals surface area contributed by atoms with E-state index in [4.69, 9.17) is 16.1 Å². The number of aliphatic carboxylic acids is 1. The highest BCUT2D eigenvalue weighted by Gasteiger charge is 2.23. The van der Waals surface area contributed by atoms with Gasteiger partial charge in [-0.2, -0.15) is 5.26 Å². The third-order valence-corrected chi connectivity index (χ3v) is 3.37. The summed E-state index contributed by atoms with van der Waals surface area (Å²) >= 11 is 1.16. The summed E-state index contributed by atoms with van der Waals surface area (Å²) in [5.41, 5.74) is 5.19. The van der Waals surface area contributed by atoms with Crippen molar-refractivity contribution in [3.05, 3.63) is 29.8 Å². The summed E-state index contributed by atoms with van der Waals surface area (Å²) in [6.07, 6.45) is -0.491. The smallest absolute Gasteiger partial charge is 0.326 e. The summed E-state index contributed by atoms with van der Waals surface area (Å²) in [6, 6.07) is 7.05. The average Bonchev–Trinajstić information content (AvgIpc) is 2.44. The fourth-order valence-electron chi connectivity index (χ4n) is 1.53. The first-order chi connectivity index (χ1) is 9.95. The molecule has 0 fully saturated rings. The molecule has 2 amide bonds. The number of hydrogen-bond acceptors (Lipinski definition) is 5. The van der Waals surface area contributed by atoms with Crippen LogP contribution < -0.4 is 11.1 Å². The second kappa shape index (κ2) is 7.91. The van der Waals surface area contributed by atoms with Crippen LogP contribution in [0.4, 0.5) is 0 Å². The van der Waals surface area contributed by atoms with Crippen molar-refractivity contribution in [3.63, 3.8) is 0 Å². The van der Waals surface area contributed by atoms with E-state index in [0.717, 1.165) is 11.8 Å². The molecule has 1 aromatic rings. The van der Waals surface area contributed by atoms with Gasteiger partial charge in [-0.1, -0.05) is 12.1 Å². The van der Waals surface area contributed by atoms with Gasteiger partial charge in [0.05, 0.1) is 23.8 Å². The van der Waals surface area contributed by atoms with Crippen LogP contribution in [0.25, 0.3) is 0 Å². The van der Waals surface area contributed by atoms with Crippen molar-refractivity contribution in [1.29, 1.82) is 5.26 Å². The second-order valence-corrected chi connectivity index (χ2v) is 4.99. The lowest BCUT2D eigenvalue weighted by Crippen LogP contribution is -2.43. The number of primary amides is 1. The van der Waals surface area contributed by atoms with Gasteiger partial charge >= 0.3 is 5.97 Å². The standard InChI is InChI=1S/C13H13N3O4S/c14-5-6-21-10-4-2-1-3-8(10)12(18)16-9(13(19)20)7-11(15)17/h1-4,9H,6-7H2,(H2,15,17)(H,16,18)(H,19,20)/t9-/m0/s1. The normalized spacial score (nSPS) is 11.2. The van der Waals surface area contributed by atoms with Crippen molar-refractivity contribution in [2.45, 2.75) is 17.4 Å². The largest absolute Gasteiger partial charge is 0.480 e. The maximum absolute atomic E-state index is 12.1. The van der Waals surface area contributed by atoms with Gasteiger partial charge in [0, 0.05) is 4.90 Å². The Morgan fingerprint density at radius 1 is 1.38 bits per heavy atom. The van der Waals surface area contributed by atoms with Crippen molar-refractivity contribution < 1.29 is 19.5 Å². The number of nitrogens with one attached hydrogen (secondary N) is 1. The average molecular weight is 307 g/mol. The number of carbonyl (C=O) groups is 3. The van der Waals surface area contributed by atoms with E-state index in [0.29, 0.717) is 4.90 Å². The summed E-state index contributed by atoms with van der Waals surface area (Å²) in [7, 11) is 0. The van der Waals surface area contributed by atoms with Gasteiger partial charge in [0.15, 0.2) is 0 Å². The predicted octanol–water partition coefficient (Wildman–Crippen LogP) is 0.361. The quantitative estimate of drug-likeness (QED) is 0.623. The van der Waals surface area contributed by atoms with Crippen LogP contribution in [0, 0.1) is 11.3 Å². The Labute approximate surface area is 125 Å². The Kier molecular flexibility index (Phi) is 6.23. The summed E-state index contributed by atoms with van der Waals surface area (Å²) < 4.78 is 0. The van der Waals surface area contributed by atoms with Gasteiger partial charge in [0.2, 0.25) is 5.91 Å². The monoisotopic (exact) mass is 307 g/mol. The van der Waals surface area contributed by atoms with Crippen molar-refractivity contribution in [1.82, 2.24) is 5.32 Å². The highest BCUT2D eigenvalue weighted by atomic mass is 32.2. The molecule has 0 aliphatic carbocycles. The minimum Gasteiger partial charge on any atom is -0.480 e. The Morgan fingerprint density at radius 2 is 2.05 bits per heavy atom. The molecule has 0 aliphatic rings. The van der Waals surface area contributed by atoms with Crippen molar-refractivity contribution in [2.24, 2.45) is 5.73 Å². The zero-order valence-electron chi connectivity index (χ0n) is 10.9. The van der Waals surface area contributed by atoms with E-state index >= 15 is 0 Å². The number of carboxylic acids is 1. The molecule has 4 N–H and O–H groups in total. The molecule has 0 unspecified atom stereocenters. The van der Waals surface area contributed by atoms with Crippen LogP contribution in [0.3, 0.4) is 0 Å². The van der Waals surface area contributed by atoms with E-state index in [1.165, 1.54) is 6.07 Å². The first-order valence-electron chi connectivity index (χ1n) is 5.86. The van der Waals surface area contributed by atoms with Crippen LogP contribution in [-0.4, -0.2) is 34.7 Å². The van der Waals surface area contributed by atoms with Gasteiger partial charge in [0.1, 0.15) is 6.04 Å². The zero-order chi connectivity index (χ0) is 15.8. The Bertz CT molecular complexity index is 597. The van der Waals surface area contributed by atoms with Crippen LogP contribution in [0.5, 0.6) is 0 Å². The number of nitrogens with two attached hydrogens (primary N) is 1. The van der Waals surface area contributed by atoms with Gasteiger partial charge in [-0.15, -0.1) is 11.8 Å². The third-order valence-electron chi connectivity index (χ3n) is 2.43. The van der Waals surface area contributed by atoms with Crippen molar-refractivity contribution in [3.8, 4) is 6.07 Å². The summed E-state index contributed by atoms with van der Waals surface area (Å²) in [5.74, 6) is -2.64. The number of thioether (sulfide) groups is 1. The molecular formula is C13H13N3O4S. The van der Waals surface area contributed by atoms with Gasteiger partial charge in [0.25, 0.3) is 5.91 Å². The van der Waals surface area contributed by atoms with Crippen LogP contribution in [0.2, 0.25) is 0 Å². The molecule has 110 valence electrons. The lowest BCUT2D eigenvalue weighted by Gasteiger charge is -2.14. The molecule has 0 bridgehead atoms. The highest BCUT2D eigenvalue weighted by Crippen LogP contribution is 2.22. The molecule has 0 radical (unpaired) electrons. The number of carbonyl (C=O) groups excluding carboxylic acids is 2. The summed E-state index contributed by atoms with van der Waals surface area (Å²) in [4.78, 5) is 34.5. The fourth-order valence-corrected chi connectivity index (χ4v) is 2.24. The Hall–Kier alpha value is -2.53. The zero-order valence-corrected chi connectivity index (χ0v) is 11.7.